The summed E-state index contributed by atoms with van der Waals surface area (Å²) >= 11 is 1.62. The van der Waals surface area contributed by atoms with E-state index in [-0.39, 0.29) is 0 Å². The molecule has 2 aromatic carbocycles. The van der Waals surface area contributed by atoms with Crippen LogP contribution in [0.15, 0.2) is 52.7 Å². The average molecular weight is 370 g/mol. The third kappa shape index (κ3) is 2.85. The van der Waals surface area contributed by atoms with E-state index in [9.17, 15) is 8.42 Å². The van der Waals surface area contributed by atoms with Crippen LogP contribution >= 0.6 is 11.3 Å². The van der Waals surface area contributed by atoms with E-state index in [4.69, 9.17) is 0 Å². The standard InChI is InChI=1S/C19H18N2O2S2/c1-13-3-6-17(7-4-13)25(22,23)21-10-9-16-11-15(5-8-19(16)21)18-12-24-14(2)20-18/h3-8,11-12H,9-10H2,1-2H3. The molecule has 0 bridgehead atoms. The summed E-state index contributed by atoms with van der Waals surface area (Å²) in [6.07, 6.45) is 0.720. The van der Waals surface area contributed by atoms with E-state index in [2.05, 4.69) is 11.1 Å². The maximum absolute atomic E-state index is 13.0. The Morgan fingerprint density at radius 1 is 1.08 bits per heavy atom. The first kappa shape index (κ1) is 16.3. The molecule has 0 fully saturated rings. The maximum atomic E-state index is 13.0. The van der Waals surface area contributed by atoms with Crippen LogP contribution in [0.1, 0.15) is 16.1 Å². The van der Waals surface area contributed by atoms with Gasteiger partial charge in [0, 0.05) is 17.5 Å². The predicted molar refractivity (Wildman–Crippen MR) is 102 cm³/mol. The molecule has 128 valence electrons. The van der Waals surface area contributed by atoms with Crippen LogP contribution in [0, 0.1) is 13.8 Å². The summed E-state index contributed by atoms with van der Waals surface area (Å²) < 4.78 is 27.5. The van der Waals surface area contributed by atoms with Crippen molar-refractivity contribution in [3.05, 3.63) is 64.0 Å². The van der Waals surface area contributed by atoms with Crippen LogP contribution in [0.3, 0.4) is 0 Å². The molecule has 0 atom stereocenters. The number of hydrogen-bond donors (Lipinski definition) is 0. The van der Waals surface area contributed by atoms with Gasteiger partial charge in [0.25, 0.3) is 10.0 Å². The van der Waals surface area contributed by atoms with Gasteiger partial charge in [0.1, 0.15) is 0 Å². The van der Waals surface area contributed by atoms with E-state index in [0.29, 0.717) is 11.4 Å². The second-order valence-corrected chi connectivity index (χ2v) is 9.16. The SMILES string of the molecule is Cc1ccc(S(=O)(=O)N2CCc3cc(-c4csc(C)n4)ccc32)cc1. The summed E-state index contributed by atoms with van der Waals surface area (Å²) in [6.45, 7) is 4.41. The lowest BCUT2D eigenvalue weighted by Crippen LogP contribution is -2.29. The number of rotatable bonds is 3. The molecule has 0 saturated heterocycles. The molecule has 0 radical (unpaired) electrons. The van der Waals surface area contributed by atoms with E-state index in [1.165, 1.54) is 4.31 Å². The highest BCUT2D eigenvalue weighted by Crippen LogP contribution is 2.36. The molecular weight excluding hydrogens is 352 g/mol. The van der Waals surface area contributed by atoms with Crippen molar-refractivity contribution in [2.24, 2.45) is 0 Å². The molecule has 3 aromatic rings. The summed E-state index contributed by atoms with van der Waals surface area (Å²) in [5.74, 6) is 0. The smallest absolute Gasteiger partial charge is 0.264 e. The molecule has 0 N–H and O–H groups in total. The van der Waals surface area contributed by atoms with Gasteiger partial charge in [-0.1, -0.05) is 23.8 Å². The minimum Gasteiger partial charge on any atom is -0.266 e. The van der Waals surface area contributed by atoms with Gasteiger partial charge in [-0.3, -0.25) is 4.31 Å². The Bertz CT molecular complexity index is 1040. The van der Waals surface area contributed by atoms with Crippen molar-refractivity contribution in [3.63, 3.8) is 0 Å². The van der Waals surface area contributed by atoms with Gasteiger partial charge in [0.15, 0.2) is 0 Å². The van der Waals surface area contributed by atoms with Crippen LogP contribution in [0.2, 0.25) is 0 Å². The van der Waals surface area contributed by atoms with E-state index in [1.54, 1.807) is 23.5 Å². The molecule has 4 rings (SSSR count). The van der Waals surface area contributed by atoms with Crippen LogP contribution in [-0.2, 0) is 16.4 Å². The second kappa shape index (κ2) is 5.97. The minimum atomic E-state index is -3.52. The van der Waals surface area contributed by atoms with Gasteiger partial charge >= 0.3 is 0 Å². The first-order valence-corrected chi connectivity index (χ1v) is 10.4. The fourth-order valence-corrected chi connectivity index (χ4v) is 5.24. The third-order valence-corrected chi connectivity index (χ3v) is 7.06. The molecule has 1 aliphatic heterocycles. The molecule has 0 saturated carbocycles. The predicted octanol–water partition coefficient (Wildman–Crippen LogP) is 4.18. The Morgan fingerprint density at radius 3 is 2.52 bits per heavy atom. The lowest BCUT2D eigenvalue weighted by molar-refractivity contribution is 0.592. The second-order valence-electron chi connectivity index (χ2n) is 6.24. The van der Waals surface area contributed by atoms with Crippen molar-refractivity contribution in [2.45, 2.75) is 25.2 Å². The summed E-state index contributed by atoms with van der Waals surface area (Å²) in [5.41, 5.74) is 4.86. The van der Waals surface area contributed by atoms with Gasteiger partial charge in [-0.2, -0.15) is 0 Å². The number of benzene rings is 2. The molecule has 4 nitrogen and oxygen atoms in total. The van der Waals surface area contributed by atoms with Crippen LogP contribution in [0.25, 0.3) is 11.3 Å². The molecule has 1 aromatic heterocycles. The molecule has 25 heavy (non-hydrogen) atoms. The number of anilines is 1. The normalized spacial score (nSPS) is 13.9. The number of fused-ring (bicyclic) bond motifs is 1. The molecule has 6 heteroatoms. The highest BCUT2D eigenvalue weighted by molar-refractivity contribution is 7.92. The Kier molecular flexibility index (Phi) is 3.89. The van der Waals surface area contributed by atoms with E-state index in [1.807, 2.05) is 43.5 Å². The molecule has 0 unspecified atom stereocenters. The zero-order chi connectivity index (χ0) is 17.6. The molecule has 1 aliphatic rings. The molecule has 0 aliphatic carbocycles. The van der Waals surface area contributed by atoms with E-state index in [0.717, 1.165) is 39.5 Å². The minimum absolute atomic E-state index is 0.338. The Labute approximate surface area is 151 Å². The maximum Gasteiger partial charge on any atom is 0.264 e. The van der Waals surface area contributed by atoms with E-state index < -0.39 is 10.0 Å². The molecule has 0 amide bonds. The quantitative estimate of drug-likeness (QED) is 0.695. The number of thiazole rings is 1. The van der Waals surface area contributed by atoms with Gasteiger partial charge in [0.05, 0.1) is 21.3 Å². The molecule has 2 heterocycles. The zero-order valence-corrected chi connectivity index (χ0v) is 15.7. The van der Waals surface area contributed by atoms with Crippen molar-refractivity contribution in [1.82, 2.24) is 4.98 Å². The van der Waals surface area contributed by atoms with Gasteiger partial charge in [-0.15, -0.1) is 11.3 Å². The van der Waals surface area contributed by atoms with Crippen LogP contribution in [0.5, 0.6) is 0 Å². The Morgan fingerprint density at radius 2 is 1.84 bits per heavy atom. The van der Waals surface area contributed by atoms with Crippen molar-refractivity contribution >= 4 is 27.0 Å². The van der Waals surface area contributed by atoms with E-state index >= 15 is 0 Å². The Hall–Kier alpha value is -2.18. The van der Waals surface area contributed by atoms with Gasteiger partial charge in [0.2, 0.25) is 0 Å². The van der Waals surface area contributed by atoms with Crippen molar-refractivity contribution in [1.29, 1.82) is 0 Å². The summed E-state index contributed by atoms with van der Waals surface area (Å²) in [5, 5.41) is 3.06. The number of aromatic nitrogens is 1. The first-order chi connectivity index (χ1) is 11.9. The molecule has 0 spiro atoms. The highest BCUT2D eigenvalue weighted by Gasteiger charge is 2.31. The number of aryl methyl sites for hydroxylation is 2. The number of hydrogen-bond acceptors (Lipinski definition) is 4. The van der Waals surface area contributed by atoms with Crippen LogP contribution < -0.4 is 4.31 Å². The summed E-state index contributed by atoms with van der Waals surface area (Å²) in [4.78, 5) is 4.85. The lowest BCUT2D eigenvalue weighted by Gasteiger charge is -2.19. The lowest BCUT2D eigenvalue weighted by atomic mass is 10.1. The molecular formula is C19H18N2O2S2. The number of nitrogens with zero attached hydrogens (tertiary/aromatic N) is 2. The topological polar surface area (TPSA) is 50.3 Å². The summed E-state index contributed by atoms with van der Waals surface area (Å²) in [7, 11) is -3.52. The highest BCUT2D eigenvalue weighted by atomic mass is 32.2. The van der Waals surface area contributed by atoms with Crippen molar-refractivity contribution in [2.75, 3.05) is 10.8 Å². The third-order valence-electron chi connectivity index (χ3n) is 4.46. The van der Waals surface area contributed by atoms with Crippen LogP contribution in [0.4, 0.5) is 5.69 Å². The zero-order valence-electron chi connectivity index (χ0n) is 14.1. The van der Waals surface area contributed by atoms with Crippen LogP contribution in [-0.4, -0.2) is 19.9 Å². The largest absolute Gasteiger partial charge is 0.266 e. The monoisotopic (exact) mass is 370 g/mol. The fraction of sp³-hybridized carbons (Fsp3) is 0.211. The summed E-state index contributed by atoms with van der Waals surface area (Å²) in [6, 6.07) is 12.9. The fourth-order valence-electron chi connectivity index (χ4n) is 3.11. The van der Waals surface area contributed by atoms with Gasteiger partial charge in [-0.05, 0) is 50.1 Å². The number of sulfonamides is 1. The van der Waals surface area contributed by atoms with Crippen molar-refractivity contribution in [3.8, 4) is 11.3 Å². The van der Waals surface area contributed by atoms with Gasteiger partial charge in [-0.25, -0.2) is 13.4 Å². The first-order valence-electron chi connectivity index (χ1n) is 8.10. The van der Waals surface area contributed by atoms with Crippen molar-refractivity contribution < 1.29 is 8.42 Å². The average Bonchev–Trinajstić information content (AvgIpc) is 3.21. The Balaban J connectivity index is 1.71. The van der Waals surface area contributed by atoms with Gasteiger partial charge < -0.3 is 0 Å².